The summed E-state index contributed by atoms with van der Waals surface area (Å²) in [6, 6.07) is 8.61. The minimum absolute atomic E-state index is 0.705. The average molecular weight is 224 g/mol. The first-order valence-electron chi connectivity index (χ1n) is 6.23. The van der Waals surface area contributed by atoms with Crippen molar-refractivity contribution in [1.82, 2.24) is 9.97 Å². The minimum Gasteiger partial charge on any atom is -0.265 e. The van der Waals surface area contributed by atoms with Crippen LogP contribution < -0.4 is 0 Å². The van der Waals surface area contributed by atoms with E-state index in [1.807, 2.05) is 24.8 Å². The highest BCUT2D eigenvalue weighted by atomic mass is 14.6. The van der Waals surface area contributed by atoms with E-state index in [1.54, 1.807) is 0 Å². The zero-order valence-electron chi connectivity index (χ0n) is 9.79. The smallest absolute Gasteiger partial charge is 0.0270 e. The first kappa shape index (κ1) is 10.5. The number of hydrogen-bond donors (Lipinski definition) is 0. The topological polar surface area (TPSA) is 25.8 Å². The summed E-state index contributed by atoms with van der Waals surface area (Å²) in [6.45, 7) is 0. The number of pyridine rings is 2. The Hall–Kier alpha value is -1.70. The van der Waals surface area contributed by atoms with Crippen molar-refractivity contribution in [2.24, 2.45) is 0 Å². The molecule has 1 fully saturated rings. The van der Waals surface area contributed by atoms with Crippen LogP contribution in [-0.4, -0.2) is 9.97 Å². The van der Waals surface area contributed by atoms with E-state index in [-0.39, 0.29) is 0 Å². The van der Waals surface area contributed by atoms with Crippen LogP contribution >= 0.6 is 0 Å². The van der Waals surface area contributed by atoms with Crippen molar-refractivity contribution in [1.29, 1.82) is 0 Å². The molecule has 2 nitrogen and oxygen atoms in total. The zero-order chi connectivity index (χ0) is 11.5. The summed E-state index contributed by atoms with van der Waals surface area (Å²) >= 11 is 0. The third-order valence-corrected chi connectivity index (χ3v) is 3.79. The predicted molar refractivity (Wildman–Crippen MR) is 67.8 cm³/mol. The van der Waals surface area contributed by atoms with Crippen LogP contribution in [0.25, 0.3) is 0 Å². The maximum Gasteiger partial charge on any atom is 0.0270 e. The second-order valence-corrected chi connectivity index (χ2v) is 4.77. The molecule has 17 heavy (non-hydrogen) atoms. The lowest BCUT2D eigenvalue weighted by Crippen LogP contribution is -1.95. The van der Waals surface area contributed by atoms with Gasteiger partial charge in [0.25, 0.3) is 0 Å². The van der Waals surface area contributed by atoms with Gasteiger partial charge in [0.15, 0.2) is 0 Å². The number of rotatable bonds is 2. The highest BCUT2D eigenvalue weighted by molar-refractivity contribution is 5.23. The van der Waals surface area contributed by atoms with Crippen LogP contribution in [0.15, 0.2) is 49.1 Å². The van der Waals surface area contributed by atoms with E-state index in [0.29, 0.717) is 11.8 Å². The Morgan fingerprint density at radius 2 is 1.12 bits per heavy atom. The van der Waals surface area contributed by atoms with Crippen molar-refractivity contribution in [3.63, 3.8) is 0 Å². The molecule has 0 unspecified atom stereocenters. The van der Waals surface area contributed by atoms with Crippen LogP contribution in [0.5, 0.6) is 0 Å². The highest BCUT2D eigenvalue weighted by Gasteiger charge is 2.26. The van der Waals surface area contributed by atoms with Crippen molar-refractivity contribution in [3.05, 3.63) is 60.2 Å². The third-order valence-electron chi connectivity index (χ3n) is 3.79. The Balaban J connectivity index is 1.75. The number of nitrogens with zero attached hydrogens (tertiary/aromatic N) is 2. The van der Waals surface area contributed by atoms with E-state index >= 15 is 0 Å². The molecular formula is C15H16N2. The normalized spacial score (nSPS) is 23.8. The van der Waals surface area contributed by atoms with Crippen LogP contribution in [0.2, 0.25) is 0 Å². The van der Waals surface area contributed by atoms with E-state index in [0.717, 1.165) is 0 Å². The molecular weight excluding hydrogens is 208 g/mol. The average Bonchev–Trinajstić information content (AvgIpc) is 2.90. The molecule has 1 aliphatic rings. The molecule has 0 bridgehead atoms. The Kier molecular flexibility index (Phi) is 2.87. The van der Waals surface area contributed by atoms with E-state index in [2.05, 4.69) is 34.2 Å². The molecule has 1 aliphatic carbocycles. The summed E-state index contributed by atoms with van der Waals surface area (Å²) in [5.41, 5.74) is 2.88. The quantitative estimate of drug-likeness (QED) is 0.780. The lowest BCUT2D eigenvalue weighted by atomic mass is 9.94. The summed E-state index contributed by atoms with van der Waals surface area (Å²) in [6.07, 6.45) is 11.4. The SMILES string of the molecule is c1cc([C@@H]2CC[C@@H](c3ccncc3)C2)ccn1. The fourth-order valence-electron chi connectivity index (χ4n) is 2.86. The number of aromatic nitrogens is 2. The molecule has 0 N–H and O–H groups in total. The second kappa shape index (κ2) is 4.66. The van der Waals surface area contributed by atoms with Crippen molar-refractivity contribution in [2.45, 2.75) is 31.1 Å². The van der Waals surface area contributed by atoms with Crippen molar-refractivity contribution >= 4 is 0 Å². The molecule has 86 valence electrons. The van der Waals surface area contributed by atoms with Crippen LogP contribution in [0.4, 0.5) is 0 Å². The van der Waals surface area contributed by atoms with Gasteiger partial charge in [-0.1, -0.05) is 0 Å². The largest absolute Gasteiger partial charge is 0.265 e. The predicted octanol–water partition coefficient (Wildman–Crippen LogP) is 3.53. The van der Waals surface area contributed by atoms with E-state index in [9.17, 15) is 0 Å². The van der Waals surface area contributed by atoms with Gasteiger partial charge >= 0.3 is 0 Å². The standard InChI is InChI=1S/C15H16N2/c1-2-15(13-5-9-17-10-6-13)11-14(1)12-3-7-16-8-4-12/h3-10,14-15H,1-2,11H2/t14-,15-/m1/s1. The van der Waals surface area contributed by atoms with Crippen molar-refractivity contribution in [2.75, 3.05) is 0 Å². The Morgan fingerprint density at radius 1 is 0.706 bits per heavy atom. The van der Waals surface area contributed by atoms with Crippen LogP contribution in [-0.2, 0) is 0 Å². The maximum atomic E-state index is 4.09. The fourth-order valence-corrected chi connectivity index (χ4v) is 2.86. The molecule has 2 heteroatoms. The Labute approximate surface area is 102 Å². The summed E-state index contributed by atoms with van der Waals surface area (Å²) in [5, 5.41) is 0. The van der Waals surface area contributed by atoms with Crippen LogP contribution in [0.1, 0.15) is 42.2 Å². The molecule has 0 spiro atoms. The van der Waals surface area contributed by atoms with Gasteiger partial charge in [-0.3, -0.25) is 9.97 Å². The van der Waals surface area contributed by atoms with Gasteiger partial charge in [-0.25, -0.2) is 0 Å². The molecule has 0 aromatic carbocycles. The van der Waals surface area contributed by atoms with Crippen LogP contribution in [0, 0.1) is 0 Å². The molecule has 0 aliphatic heterocycles. The lowest BCUT2D eigenvalue weighted by Gasteiger charge is -2.11. The molecule has 2 heterocycles. The molecule has 0 radical (unpaired) electrons. The minimum atomic E-state index is 0.705. The van der Waals surface area contributed by atoms with Gasteiger partial charge in [0.1, 0.15) is 0 Å². The summed E-state index contributed by atoms with van der Waals surface area (Å²) < 4.78 is 0. The Morgan fingerprint density at radius 3 is 1.53 bits per heavy atom. The molecule has 2 aromatic rings. The second-order valence-electron chi connectivity index (χ2n) is 4.77. The number of hydrogen-bond acceptors (Lipinski definition) is 2. The van der Waals surface area contributed by atoms with Gasteiger partial charge in [-0.05, 0) is 66.5 Å². The van der Waals surface area contributed by atoms with E-state index in [4.69, 9.17) is 0 Å². The van der Waals surface area contributed by atoms with Gasteiger partial charge in [0.05, 0.1) is 0 Å². The molecule has 0 amide bonds. The van der Waals surface area contributed by atoms with E-state index in [1.165, 1.54) is 30.4 Å². The monoisotopic (exact) mass is 224 g/mol. The summed E-state index contributed by atoms with van der Waals surface area (Å²) in [7, 11) is 0. The highest BCUT2D eigenvalue weighted by Crippen LogP contribution is 2.43. The fraction of sp³-hybridized carbons (Fsp3) is 0.333. The van der Waals surface area contributed by atoms with Gasteiger partial charge in [0, 0.05) is 24.8 Å². The molecule has 2 atom stereocenters. The first-order chi connectivity index (χ1) is 8.43. The molecule has 3 rings (SSSR count). The first-order valence-corrected chi connectivity index (χ1v) is 6.23. The Bertz CT molecular complexity index is 421. The summed E-state index contributed by atoms with van der Waals surface area (Å²) in [4.78, 5) is 8.17. The van der Waals surface area contributed by atoms with Gasteiger partial charge in [-0.15, -0.1) is 0 Å². The zero-order valence-corrected chi connectivity index (χ0v) is 9.79. The molecule has 0 saturated heterocycles. The molecule has 1 saturated carbocycles. The summed E-state index contributed by atoms with van der Waals surface area (Å²) in [5.74, 6) is 1.41. The van der Waals surface area contributed by atoms with E-state index < -0.39 is 0 Å². The lowest BCUT2D eigenvalue weighted by molar-refractivity contribution is 0.684. The van der Waals surface area contributed by atoms with Gasteiger partial charge in [-0.2, -0.15) is 0 Å². The van der Waals surface area contributed by atoms with Gasteiger partial charge < -0.3 is 0 Å². The third kappa shape index (κ3) is 2.21. The van der Waals surface area contributed by atoms with Crippen LogP contribution in [0.3, 0.4) is 0 Å². The maximum absolute atomic E-state index is 4.09. The molecule has 2 aromatic heterocycles. The van der Waals surface area contributed by atoms with Gasteiger partial charge in [0.2, 0.25) is 0 Å². The van der Waals surface area contributed by atoms with Crippen molar-refractivity contribution in [3.8, 4) is 0 Å². The van der Waals surface area contributed by atoms with Crippen molar-refractivity contribution < 1.29 is 0 Å².